The van der Waals surface area contributed by atoms with Gasteiger partial charge >= 0.3 is 6.03 Å². The SMILES string of the molecule is Cc1ccccc1-n1c(C(C)N(C)C(=O)Nc2ccccc2Br)nc2ccccc2c1=O. The van der Waals surface area contributed by atoms with Crippen LogP contribution in [0.3, 0.4) is 0 Å². The summed E-state index contributed by atoms with van der Waals surface area (Å²) in [5.74, 6) is 0.493. The molecule has 32 heavy (non-hydrogen) atoms. The predicted molar refractivity (Wildman–Crippen MR) is 131 cm³/mol. The summed E-state index contributed by atoms with van der Waals surface area (Å²) in [6, 6.07) is 21.6. The minimum absolute atomic E-state index is 0.161. The average molecular weight is 491 g/mol. The number of carbonyl (C=O) groups excluding carboxylic acids is 1. The second-order valence-corrected chi connectivity index (χ2v) is 8.47. The largest absolute Gasteiger partial charge is 0.322 e. The Hall–Kier alpha value is -3.45. The fourth-order valence-corrected chi connectivity index (χ4v) is 3.98. The lowest BCUT2D eigenvalue weighted by molar-refractivity contribution is 0.205. The van der Waals surface area contributed by atoms with E-state index in [-0.39, 0.29) is 11.6 Å². The Kier molecular flexibility index (Phi) is 6.10. The molecular formula is C25H23BrN4O2. The van der Waals surface area contributed by atoms with Gasteiger partial charge in [-0.3, -0.25) is 9.36 Å². The highest BCUT2D eigenvalue weighted by Crippen LogP contribution is 2.25. The number of hydrogen-bond acceptors (Lipinski definition) is 3. The molecule has 4 rings (SSSR count). The number of urea groups is 1. The van der Waals surface area contributed by atoms with Crippen LogP contribution in [0.15, 0.2) is 82.1 Å². The van der Waals surface area contributed by atoms with E-state index in [0.717, 1.165) is 15.7 Å². The van der Waals surface area contributed by atoms with E-state index in [2.05, 4.69) is 21.2 Å². The molecule has 3 aromatic carbocycles. The first-order valence-electron chi connectivity index (χ1n) is 10.2. The van der Waals surface area contributed by atoms with Crippen molar-refractivity contribution in [1.29, 1.82) is 0 Å². The van der Waals surface area contributed by atoms with Crippen molar-refractivity contribution in [3.05, 3.63) is 99.0 Å². The molecule has 0 aliphatic carbocycles. The molecule has 6 nitrogen and oxygen atoms in total. The molecule has 1 N–H and O–H groups in total. The maximum absolute atomic E-state index is 13.5. The third-order valence-electron chi connectivity index (χ3n) is 5.55. The summed E-state index contributed by atoms with van der Waals surface area (Å²) in [5, 5.41) is 3.44. The average Bonchev–Trinajstić information content (AvgIpc) is 2.80. The predicted octanol–water partition coefficient (Wildman–Crippen LogP) is 5.68. The lowest BCUT2D eigenvalue weighted by Gasteiger charge is -2.27. The first-order chi connectivity index (χ1) is 15.4. The Morgan fingerprint density at radius 2 is 1.69 bits per heavy atom. The van der Waals surface area contributed by atoms with Crippen molar-refractivity contribution in [3.8, 4) is 5.69 Å². The van der Waals surface area contributed by atoms with Gasteiger partial charge in [0.15, 0.2) is 0 Å². The third-order valence-corrected chi connectivity index (χ3v) is 6.24. The number of aromatic nitrogens is 2. The molecule has 7 heteroatoms. The summed E-state index contributed by atoms with van der Waals surface area (Å²) < 4.78 is 2.40. The van der Waals surface area contributed by atoms with Gasteiger partial charge in [-0.2, -0.15) is 0 Å². The number of aryl methyl sites for hydroxylation is 1. The quantitative estimate of drug-likeness (QED) is 0.400. The molecule has 0 aliphatic heterocycles. The number of amides is 2. The van der Waals surface area contributed by atoms with Crippen LogP contribution in [-0.4, -0.2) is 27.5 Å². The maximum atomic E-state index is 13.5. The van der Waals surface area contributed by atoms with E-state index >= 15 is 0 Å². The van der Waals surface area contributed by atoms with E-state index in [4.69, 9.17) is 4.98 Å². The van der Waals surface area contributed by atoms with Gasteiger partial charge in [-0.15, -0.1) is 0 Å². The van der Waals surface area contributed by atoms with Gasteiger partial charge in [0.05, 0.1) is 28.3 Å². The monoisotopic (exact) mass is 490 g/mol. The number of halogens is 1. The summed E-state index contributed by atoms with van der Waals surface area (Å²) in [6.45, 7) is 3.82. The number of para-hydroxylation sites is 3. The molecule has 4 aromatic rings. The lowest BCUT2D eigenvalue weighted by Crippen LogP contribution is -2.37. The van der Waals surface area contributed by atoms with Gasteiger partial charge in [0.2, 0.25) is 0 Å². The number of nitrogens with one attached hydrogen (secondary N) is 1. The van der Waals surface area contributed by atoms with Crippen molar-refractivity contribution in [2.45, 2.75) is 19.9 Å². The summed E-state index contributed by atoms with van der Waals surface area (Å²) >= 11 is 3.45. The minimum atomic E-state index is -0.477. The number of carbonyl (C=O) groups is 1. The van der Waals surface area contributed by atoms with E-state index in [9.17, 15) is 9.59 Å². The van der Waals surface area contributed by atoms with Crippen molar-refractivity contribution >= 4 is 38.6 Å². The molecule has 1 aromatic heterocycles. The standard InChI is InChI=1S/C25H23BrN4O2/c1-16-10-4-9-15-22(16)30-23(27-20-13-7-5-11-18(20)24(30)31)17(2)29(3)25(32)28-21-14-8-6-12-19(21)26/h4-15,17H,1-3H3,(H,28,32). The first-order valence-corrected chi connectivity index (χ1v) is 11.0. The Morgan fingerprint density at radius 3 is 2.44 bits per heavy atom. The zero-order chi connectivity index (χ0) is 22.8. The van der Waals surface area contributed by atoms with Gasteiger partial charge in [-0.1, -0.05) is 42.5 Å². The molecule has 1 unspecified atom stereocenters. The van der Waals surface area contributed by atoms with Crippen molar-refractivity contribution in [3.63, 3.8) is 0 Å². The van der Waals surface area contributed by atoms with Crippen molar-refractivity contribution < 1.29 is 4.79 Å². The smallest absolute Gasteiger partial charge is 0.318 e. The normalized spacial score (nSPS) is 11.9. The second kappa shape index (κ2) is 8.96. The minimum Gasteiger partial charge on any atom is -0.318 e. The molecule has 0 spiro atoms. The van der Waals surface area contributed by atoms with E-state index in [1.54, 1.807) is 22.6 Å². The van der Waals surface area contributed by atoms with Crippen LogP contribution < -0.4 is 10.9 Å². The Balaban J connectivity index is 1.81. The second-order valence-electron chi connectivity index (χ2n) is 7.61. The molecule has 162 valence electrons. The molecule has 0 radical (unpaired) electrons. The number of rotatable bonds is 4. The van der Waals surface area contributed by atoms with Gasteiger partial charge in [-0.25, -0.2) is 9.78 Å². The Labute approximate surface area is 194 Å². The van der Waals surface area contributed by atoms with Crippen LogP contribution in [0.25, 0.3) is 16.6 Å². The number of nitrogens with zero attached hydrogens (tertiary/aromatic N) is 3. The fourth-order valence-electron chi connectivity index (χ4n) is 3.59. The van der Waals surface area contributed by atoms with Crippen LogP contribution in [0.4, 0.5) is 10.5 Å². The van der Waals surface area contributed by atoms with E-state index in [1.165, 1.54) is 0 Å². The topological polar surface area (TPSA) is 67.2 Å². The number of fused-ring (bicyclic) bond motifs is 1. The maximum Gasteiger partial charge on any atom is 0.322 e. The van der Waals surface area contributed by atoms with Gasteiger partial charge in [0.25, 0.3) is 5.56 Å². The van der Waals surface area contributed by atoms with Gasteiger partial charge in [0.1, 0.15) is 5.82 Å². The molecule has 1 atom stereocenters. The summed E-state index contributed by atoms with van der Waals surface area (Å²) in [4.78, 5) is 32.9. The van der Waals surface area contributed by atoms with Crippen molar-refractivity contribution in [2.24, 2.45) is 0 Å². The van der Waals surface area contributed by atoms with Crippen molar-refractivity contribution in [2.75, 3.05) is 12.4 Å². The van der Waals surface area contributed by atoms with Crippen LogP contribution >= 0.6 is 15.9 Å². The first kappa shape index (κ1) is 21.8. The molecule has 0 bridgehead atoms. The number of anilines is 1. The van der Waals surface area contributed by atoms with Crippen molar-refractivity contribution in [1.82, 2.24) is 14.5 Å². The zero-order valence-corrected chi connectivity index (χ0v) is 19.6. The number of hydrogen-bond donors (Lipinski definition) is 1. The summed E-state index contributed by atoms with van der Waals surface area (Å²) in [5.41, 5.74) is 2.80. The molecule has 0 saturated carbocycles. The van der Waals surface area contributed by atoms with Crippen LogP contribution in [0, 0.1) is 6.92 Å². The Bertz CT molecular complexity index is 1370. The highest BCUT2D eigenvalue weighted by Gasteiger charge is 2.25. The van der Waals surface area contributed by atoms with E-state index in [0.29, 0.717) is 22.4 Å². The molecule has 0 fully saturated rings. The third kappa shape index (κ3) is 4.03. The van der Waals surface area contributed by atoms with Crippen LogP contribution in [0.5, 0.6) is 0 Å². The summed E-state index contributed by atoms with van der Waals surface area (Å²) in [7, 11) is 1.69. The van der Waals surface area contributed by atoms with Gasteiger partial charge in [-0.05, 0) is 65.7 Å². The van der Waals surface area contributed by atoms with E-state index in [1.807, 2.05) is 80.6 Å². The number of benzene rings is 3. The molecule has 0 aliphatic rings. The zero-order valence-electron chi connectivity index (χ0n) is 18.0. The molecule has 0 saturated heterocycles. The Morgan fingerprint density at radius 1 is 1.03 bits per heavy atom. The van der Waals surface area contributed by atoms with Gasteiger partial charge in [0, 0.05) is 11.5 Å². The highest BCUT2D eigenvalue weighted by atomic mass is 79.9. The van der Waals surface area contributed by atoms with E-state index < -0.39 is 6.04 Å². The van der Waals surface area contributed by atoms with Crippen LogP contribution in [-0.2, 0) is 0 Å². The molecule has 1 heterocycles. The van der Waals surface area contributed by atoms with Crippen LogP contribution in [0.2, 0.25) is 0 Å². The molecule has 2 amide bonds. The van der Waals surface area contributed by atoms with Gasteiger partial charge < -0.3 is 10.2 Å². The molecular weight excluding hydrogens is 468 g/mol. The van der Waals surface area contributed by atoms with Crippen LogP contribution in [0.1, 0.15) is 24.4 Å². The summed E-state index contributed by atoms with van der Waals surface area (Å²) in [6.07, 6.45) is 0. The highest BCUT2D eigenvalue weighted by molar-refractivity contribution is 9.10. The fraction of sp³-hybridized carbons (Fsp3) is 0.160. The lowest BCUT2D eigenvalue weighted by atomic mass is 10.1.